The molecule has 0 radical (unpaired) electrons. The average molecular weight is 524 g/mol. The molecule has 0 spiro atoms. The number of carbonyl (C=O) groups excluding carboxylic acids is 1. The minimum atomic E-state index is -0.364. The molecule has 0 aliphatic carbocycles. The number of aromatic nitrogens is 1. The molecular formula is C25H22BrN3O3S. The van der Waals surface area contributed by atoms with E-state index in [0.717, 1.165) is 43.5 Å². The van der Waals surface area contributed by atoms with Crippen molar-refractivity contribution in [2.75, 3.05) is 12.4 Å². The Kier molecular flexibility index (Phi) is 6.49. The number of halogens is 1. The number of thiocarbonyl (C=S) groups is 1. The van der Waals surface area contributed by atoms with Crippen LogP contribution in [0.5, 0.6) is 5.75 Å². The summed E-state index contributed by atoms with van der Waals surface area (Å²) in [5, 5.41) is 6.01. The number of nitrogens with one attached hydrogen (secondary N) is 2. The highest BCUT2D eigenvalue weighted by Crippen LogP contribution is 2.29. The van der Waals surface area contributed by atoms with Crippen molar-refractivity contribution in [2.24, 2.45) is 0 Å². The number of methoxy groups -OCH3 is 1. The van der Waals surface area contributed by atoms with Crippen molar-refractivity contribution in [3.05, 3.63) is 75.3 Å². The largest absolute Gasteiger partial charge is 0.496 e. The molecule has 2 N–H and O–H groups in total. The fourth-order valence-electron chi connectivity index (χ4n) is 3.54. The number of hydrogen-bond acceptors (Lipinski definition) is 5. The second kappa shape index (κ2) is 9.33. The fraction of sp³-hybridized carbons (Fsp3) is 0.160. The van der Waals surface area contributed by atoms with Crippen LogP contribution in [-0.4, -0.2) is 23.1 Å². The molecule has 8 heteroatoms. The summed E-state index contributed by atoms with van der Waals surface area (Å²) in [5.74, 6) is 0.655. The summed E-state index contributed by atoms with van der Waals surface area (Å²) in [5.41, 5.74) is 6.37. The first-order valence-corrected chi connectivity index (χ1v) is 11.4. The molecule has 3 aromatic carbocycles. The van der Waals surface area contributed by atoms with E-state index < -0.39 is 0 Å². The van der Waals surface area contributed by atoms with Crippen molar-refractivity contribution in [3.63, 3.8) is 0 Å². The molecule has 0 aliphatic heterocycles. The highest BCUT2D eigenvalue weighted by molar-refractivity contribution is 9.10. The Hall–Kier alpha value is -3.23. The zero-order chi connectivity index (χ0) is 23.7. The number of hydrogen-bond donors (Lipinski definition) is 2. The van der Waals surface area contributed by atoms with Gasteiger partial charge in [0.15, 0.2) is 10.7 Å². The molecule has 33 heavy (non-hydrogen) atoms. The van der Waals surface area contributed by atoms with Crippen molar-refractivity contribution < 1.29 is 13.9 Å². The number of ether oxygens (including phenoxy) is 1. The van der Waals surface area contributed by atoms with Gasteiger partial charge in [-0.3, -0.25) is 10.1 Å². The van der Waals surface area contributed by atoms with Gasteiger partial charge in [-0.05, 0) is 86.1 Å². The van der Waals surface area contributed by atoms with Gasteiger partial charge in [0.2, 0.25) is 5.89 Å². The maximum absolute atomic E-state index is 12.9. The number of benzene rings is 3. The Morgan fingerprint density at radius 1 is 1.06 bits per heavy atom. The third kappa shape index (κ3) is 4.91. The van der Waals surface area contributed by atoms with Crippen LogP contribution < -0.4 is 15.4 Å². The average Bonchev–Trinajstić information content (AvgIpc) is 3.17. The van der Waals surface area contributed by atoms with Gasteiger partial charge in [-0.1, -0.05) is 28.1 Å². The van der Waals surface area contributed by atoms with Crippen LogP contribution in [0.15, 0.2) is 57.4 Å². The molecule has 0 atom stereocenters. The van der Waals surface area contributed by atoms with E-state index >= 15 is 0 Å². The van der Waals surface area contributed by atoms with Gasteiger partial charge in [0.05, 0.1) is 12.7 Å². The van der Waals surface area contributed by atoms with E-state index in [0.29, 0.717) is 17.2 Å². The summed E-state index contributed by atoms with van der Waals surface area (Å²) in [6.45, 7) is 5.84. The number of rotatable bonds is 4. The second-order valence-corrected chi connectivity index (χ2v) is 9.06. The zero-order valence-electron chi connectivity index (χ0n) is 18.6. The minimum absolute atomic E-state index is 0.174. The Labute approximate surface area is 205 Å². The predicted octanol–water partition coefficient (Wildman–Crippen LogP) is 6.32. The Bertz CT molecular complexity index is 1400. The number of carbonyl (C=O) groups is 1. The van der Waals surface area contributed by atoms with Crippen LogP contribution >= 0.6 is 28.1 Å². The molecule has 168 valence electrons. The van der Waals surface area contributed by atoms with Gasteiger partial charge < -0.3 is 14.5 Å². The maximum atomic E-state index is 12.9. The van der Waals surface area contributed by atoms with Gasteiger partial charge in [-0.15, -0.1) is 0 Å². The van der Waals surface area contributed by atoms with Crippen molar-refractivity contribution >= 4 is 56.0 Å². The Morgan fingerprint density at radius 2 is 1.85 bits per heavy atom. The van der Waals surface area contributed by atoms with Gasteiger partial charge in [0, 0.05) is 15.7 Å². The quantitative estimate of drug-likeness (QED) is 0.305. The van der Waals surface area contributed by atoms with Gasteiger partial charge in [0.25, 0.3) is 5.91 Å². The van der Waals surface area contributed by atoms with Crippen LogP contribution in [0.4, 0.5) is 5.69 Å². The topological polar surface area (TPSA) is 76.4 Å². The van der Waals surface area contributed by atoms with E-state index in [4.69, 9.17) is 21.4 Å². The second-order valence-electron chi connectivity index (χ2n) is 7.73. The molecular weight excluding hydrogens is 502 g/mol. The first kappa shape index (κ1) is 22.9. The predicted molar refractivity (Wildman–Crippen MR) is 138 cm³/mol. The van der Waals surface area contributed by atoms with E-state index in [1.165, 1.54) is 7.11 Å². The van der Waals surface area contributed by atoms with Crippen LogP contribution in [0.1, 0.15) is 27.0 Å². The summed E-state index contributed by atoms with van der Waals surface area (Å²) >= 11 is 8.83. The molecule has 0 aliphatic rings. The van der Waals surface area contributed by atoms with Crippen LogP contribution in [0.2, 0.25) is 0 Å². The zero-order valence-corrected chi connectivity index (χ0v) is 21.0. The van der Waals surface area contributed by atoms with E-state index in [2.05, 4.69) is 31.5 Å². The molecule has 4 aromatic rings. The van der Waals surface area contributed by atoms with Crippen LogP contribution in [0, 0.1) is 20.8 Å². The van der Waals surface area contributed by atoms with Crippen molar-refractivity contribution in [1.29, 1.82) is 0 Å². The van der Waals surface area contributed by atoms with E-state index in [1.54, 1.807) is 6.07 Å². The number of fused-ring (bicyclic) bond motifs is 1. The maximum Gasteiger partial charge on any atom is 0.261 e. The number of amides is 1. The SMILES string of the molecule is COc1c(C)cc(Br)cc1C(=O)NC(=S)Nc1cc(-c2nc3ccc(C)cc3o2)ccc1C. The monoisotopic (exact) mass is 523 g/mol. The molecule has 0 saturated carbocycles. The lowest BCUT2D eigenvalue weighted by Gasteiger charge is -2.15. The highest BCUT2D eigenvalue weighted by Gasteiger charge is 2.17. The van der Waals surface area contributed by atoms with Crippen LogP contribution in [0.3, 0.4) is 0 Å². The number of oxazole rings is 1. The lowest BCUT2D eigenvalue weighted by atomic mass is 10.1. The van der Waals surface area contributed by atoms with Crippen LogP contribution in [-0.2, 0) is 0 Å². The summed E-state index contributed by atoms with van der Waals surface area (Å²) in [6, 6.07) is 15.3. The molecule has 1 amide bonds. The first-order valence-electron chi connectivity index (χ1n) is 10.2. The van der Waals surface area contributed by atoms with E-state index in [-0.39, 0.29) is 11.0 Å². The molecule has 0 fully saturated rings. The van der Waals surface area contributed by atoms with E-state index in [1.807, 2.05) is 63.2 Å². The number of anilines is 1. The molecule has 0 unspecified atom stereocenters. The Morgan fingerprint density at radius 3 is 2.61 bits per heavy atom. The third-order valence-electron chi connectivity index (χ3n) is 5.19. The van der Waals surface area contributed by atoms with Crippen LogP contribution in [0.25, 0.3) is 22.6 Å². The highest BCUT2D eigenvalue weighted by atomic mass is 79.9. The van der Waals surface area contributed by atoms with Gasteiger partial charge in [-0.25, -0.2) is 4.98 Å². The van der Waals surface area contributed by atoms with Crippen molar-refractivity contribution in [2.45, 2.75) is 20.8 Å². The molecule has 1 heterocycles. The standard InChI is InChI=1S/C25H22BrN3O3S/c1-13-5-8-19-21(9-13)32-24(27-19)16-7-6-14(2)20(11-16)28-25(33)29-23(30)18-12-17(26)10-15(3)22(18)31-4/h5-12H,1-4H3,(H2,28,29,30,33). The summed E-state index contributed by atoms with van der Waals surface area (Å²) in [6.07, 6.45) is 0. The van der Waals surface area contributed by atoms with Crippen molar-refractivity contribution in [1.82, 2.24) is 10.3 Å². The molecule has 6 nitrogen and oxygen atoms in total. The summed E-state index contributed by atoms with van der Waals surface area (Å²) < 4.78 is 12.1. The fourth-order valence-corrected chi connectivity index (χ4v) is 4.31. The third-order valence-corrected chi connectivity index (χ3v) is 5.85. The summed E-state index contributed by atoms with van der Waals surface area (Å²) in [4.78, 5) is 17.4. The first-order chi connectivity index (χ1) is 15.7. The minimum Gasteiger partial charge on any atom is -0.496 e. The van der Waals surface area contributed by atoms with Gasteiger partial charge in [0.1, 0.15) is 11.3 Å². The lowest BCUT2D eigenvalue weighted by molar-refractivity contribution is 0.0974. The van der Waals surface area contributed by atoms with E-state index in [9.17, 15) is 4.79 Å². The Balaban J connectivity index is 1.55. The number of nitrogens with zero attached hydrogens (tertiary/aromatic N) is 1. The number of aryl methyl sites for hydroxylation is 3. The molecule has 0 saturated heterocycles. The molecule has 4 rings (SSSR count). The lowest BCUT2D eigenvalue weighted by Crippen LogP contribution is -2.34. The summed E-state index contributed by atoms with van der Waals surface area (Å²) in [7, 11) is 1.53. The molecule has 1 aromatic heterocycles. The molecule has 0 bridgehead atoms. The van der Waals surface area contributed by atoms with Crippen molar-refractivity contribution in [3.8, 4) is 17.2 Å². The smallest absolute Gasteiger partial charge is 0.261 e. The normalized spacial score (nSPS) is 10.8. The van der Waals surface area contributed by atoms with Gasteiger partial charge >= 0.3 is 0 Å². The van der Waals surface area contributed by atoms with Gasteiger partial charge in [-0.2, -0.15) is 0 Å².